The number of rotatable bonds is 5. The summed E-state index contributed by atoms with van der Waals surface area (Å²) >= 11 is 0. The first-order chi connectivity index (χ1) is 7.17. The molecule has 1 aromatic rings. The second-order valence-corrected chi connectivity index (χ2v) is 3.28. The zero-order valence-electron chi connectivity index (χ0n) is 9.25. The predicted octanol–water partition coefficient (Wildman–Crippen LogP) is 3.34. The maximum Gasteiger partial charge on any atom is 0.168 e. The van der Waals surface area contributed by atoms with Crippen LogP contribution in [0.5, 0.6) is 11.5 Å². The molecule has 1 rings (SSSR count). The third kappa shape index (κ3) is 3.17. The lowest BCUT2D eigenvalue weighted by molar-refractivity contribution is 0.362. The standard InChI is InChI=1S/C13H16O2/c1-5-6-11-7-8-12(15-10(2)3)13(9-11)14-4/h5,7-9H,1-2,6H2,3-4H3. The molecule has 0 aromatic heterocycles. The molecule has 1 aromatic carbocycles. The van der Waals surface area contributed by atoms with Crippen LogP contribution in [0.1, 0.15) is 12.5 Å². The van der Waals surface area contributed by atoms with Gasteiger partial charge in [0.1, 0.15) is 0 Å². The summed E-state index contributed by atoms with van der Waals surface area (Å²) in [4.78, 5) is 0. The molecule has 2 heteroatoms. The van der Waals surface area contributed by atoms with E-state index in [0.717, 1.165) is 17.7 Å². The Hall–Kier alpha value is -1.70. The van der Waals surface area contributed by atoms with Gasteiger partial charge in [-0.15, -0.1) is 6.58 Å². The number of ether oxygens (including phenoxy) is 2. The Balaban J connectivity index is 2.97. The van der Waals surface area contributed by atoms with Crippen molar-refractivity contribution in [2.75, 3.05) is 7.11 Å². The molecule has 80 valence electrons. The summed E-state index contributed by atoms with van der Waals surface area (Å²) in [6.45, 7) is 9.19. The second kappa shape index (κ2) is 5.25. The van der Waals surface area contributed by atoms with Gasteiger partial charge in [-0.1, -0.05) is 18.7 Å². The van der Waals surface area contributed by atoms with Crippen molar-refractivity contribution < 1.29 is 9.47 Å². The molecule has 0 spiro atoms. The van der Waals surface area contributed by atoms with Gasteiger partial charge in [0, 0.05) is 0 Å². The fourth-order valence-corrected chi connectivity index (χ4v) is 1.28. The molecule has 0 aliphatic heterocycles. The van der Waals surface area contributed by atoms with Crippen LogP contribution in [0.15, 0.2) is 43.2 Å². The van der Waals surface area contributed by atoms with Crippen LogP contribution < -0.4 is 9.47 Å². The van der Waals surface area contributed by atoms with Crippen molar-refractivity contribution in [3.63, 3.8) is 0 Å². The van der Waals surface area contributed by atoms with Gasteiger partial charge in [0.15, 0.2) is 11.5 Å². The average Bonchev–Trinajstić information content (AvgIpc) is 2.20. The van der Waals surface area contributed by atoms with Crippen LogP contribution >= 0.6 is 0 Å². The summed E-state index contributed by atoms with van der Waals surface area (Å²) in [5.74, 6) is 2.06. The lowest BCUT2D eigenvalue weighted by Gasteiger charge is -2.10. The Morgan fingerprint density at radius 3 is 2.67 bits per heavy atom. The number of hydrogen-bond donors (Lipinski definition) is 0. The molecular formula is C13H16O2. The molecule has 0 N–H and O–H groups in total. The molecule has 0 amide bonds. The quantitative estimate of drug-likeness (QED) is 0.541. The molecule has 0 radical (unpaired) electrons. The fourth-order valence-electron chi connectivity index (χ4n) is 1.28. The van der Waals surface area contributed by atoms with Crippen molar-refractivity contribution in [3.8, 4) is 11.5 Å². The Labute approximate surface area is 90.8 Å². The van der Waals surface area contributed by atoms with Crippen LogP contribution in [0.25, 0.3) is 0 Å². The Bertz CT molecular complexity index is 367. The van der Waals surface area contributed by atoms with Crippen LogP contribution in [0, 0.1) is 0 Å². The normalized spacial score (nSPS) is 9.47. The molecule has 2 nitrogen and oxygen atoms in total. The molecule has 0 saturated heterocycles. The summed E-state index contributed by atoms with van der Waals surface area (Å²) in [5.41, 5.74) is 1.15. The Morgan fingerprint density at radius 2 is 2.13 bits per heavy atom. The van der Waals surface area contributed by atoms with Crippen LogP contribution in [-0.2, 0) is 6.42 Å². The molecular weight excluding hydrogens is 188 g/mol. The van der Waals surface area contributed by atoms with Gasteiger partial charge in [-0.25, -0.2) is 0 Å². The van der Waals surface area contributed by atoms with Crippen LogP contribution in [0.3, 0.4) is 0 Å². The van der Waals surface area contributed by atoms with E-state index in [1.807, 2.05) is 24.3 Å². The summed E-state index contributed by atoms with van der Waals surface area (Å²) in [5, 5.41) is 0. The van der Waals surface area contributed by atoms with E-state index < -0.39 is 0 Å². The Kier molecular flexibility index (Phi) is 3.98. The maximum atomic E-state index is 5.42. The van der Waals surface area contributed by atoms with Crippen LogP contribution in [-0.4, -0.2) is 7.11 Å². The molecule has 0 heterocycles. The highest BCUT2D eigenvalue weighted by Crippen LogP contribution is 2.29. The first-order valence-corrected chi connectivity index (χ1v) is 4.78. The Morgan fingerprint density at radius 1 is 1.40 bits per heavy atom. The van der Waals surface area contributed by atoms with Gasteiger partial charge in [0.2, 0.25) is 0 Å². The van der Waals surface area contributed by atoms with E-state index in [0.29, 0.717) is 11.5 Å². The van der Waals surface area contributed by atoms with E-state index in [9.17, 15) is 0 Å². The van der Waals surface area contributed by atoms with Crippen molar-refractivity contribution in [2.24, 2.45) is 0 Å². The summed E-state index contributed by atoms with van der Waals surface area (Å²) in [6, 6.07) is 5.81. The zero-order chi connectivity index (χ0) is 11.3. The highest BCUT2D eigenvalue weighted by Gasteiger charge is 2.05. The minimum atomic E-state index is 0.643. The number of hydrogen-bond acceptors (Lipinski definition) is 2. The third-order valence-corrected chi connectivity index (χ3v) is 1.89. The predicted molar refractivity (Wildman–Crippen MR) is 62.3 cm³/mol. The molecule has 0 aliphatic rings. The van der Waals surface area contributed by atoms with Gasteiger partial charge in [-0.05, 0) is 31.0 Å². The van der Waals surface area contributed by atoms with E-state index in [4.69, 9.17) is 9.47 Å². The molecule has 0 aliphatic carbocycles. The third-order valence-electron chi connectivity index (χ3n) is 1.89. The summed E-state index contributed by atoms with van der Waals surface area (Å²) in [7, 11) is 1.62. The molecule has 0 bridgehead atoms. The van der Waals surface area contributed by atoms with Gasteiger partial charge in [-0.3, -0.25) is 0 Å². The molecule has 0 fully saturated rings. The zero-order valence-corrected chi connectivity index (χ0v) is 9.25. The summed E-state index contributed by atoms with van der Waals surface area (Å²) < 4.78 is 10.7. The monoisotopic (exact) mass is 204 g/mol. The van der Waals surface area contributed by atoms with Gasteiger partial charge in [0.25, 0.3) is 0 Å². The number of benzene rings is 1. The van der Waals surface area contributed by atoms with Crippen molar-refractivity contribution >= 4 is 0 Å². The molecule has 15 heavy (non-hydrogen) atoms. The van der Waals surface area contributed by atoms with Crippen molar-refractivity contribution in [3.05, 3.63) is 48.8 Å². The highest BCUT2D eigenvalue weighted by atomic mass is 16.5. The summed E-state index contributed by atoms with van der Waals surface area (Å²) in [6.07, 6.45) is 2.68. The van der Waals surface area contributed by atoms with Gasteiger partial charge in [-0.2, -0.15) is 0 Å². The first kappa shape index (κ1) is 11.4. The first-order valence-electron chi connectivity index (χ1n) is 4.78. The number of allylic oxidation sites excluding steroid dienone is 2. The van der Waals surface area contributed by atoms with E-state index in [-0.39, 0.29) is 0 Å². The van der Waals surface area contributed by atoms with Crippen LogP contribution in [0.4, 0.5) is 0 Å². The van der Waals surface area contributed by atoms with Gasteiger partial charge in [0.05, 0.1) is 12.9 Å². The van der Waals surface area contributed by atoms with E-state index in [1.54, 1.807) is 14.0 Å². The average molecular weight is 204 g/mol. The van der Waals surface area contributed by atoms with E-state index >= 15 is 0 Å². The fraction of sp³-hybridized carbons (Fsp3) is 0.231. The second-order valence-electron chi connectivity index (χ2n) is 3.28. The van der Waals surface area contributed by atoms with Crippen molar-refractivity contribution in [1.29, 1.82) is 0 Å². The lowest BCUT2D eigenvalue weighted by Crippen LogP contribution is -1.94. The SMILES string of the molecule is C=CCc1ccc(OC(=C)C)c(OC)c1. The molecule has 0 atom stereocenters. The maximum absolute atomic E-state index is 5.42. The minimum Gasteiger partial charge on any atom is -0.493 e. The smallest absolute Gasteiger partial charge is 0.168 e. The molecule has 0 saturated carbocycles. The van der Waals surface area contributed by atoms with Gasteiger partial charge >= 0.3 is 0 Å². The van der Waals surface area contributed by atoms with Crippen molar-refractivity contribution in [1.82, 2.24) is 0 Å². The topological polar surface area (TPSA) is 18.5 Å². The van der Waals surface area contributed by atoms with Crippen molar-refractivity contribution in [2.45, 2.75) is 13.3 Å². The largest absolute Gasteiger partial charge is 0.493 e. The molecule has 0 unspecified atom stereocenters. The van der Waals surface area contributed by atoms with E-state index in [1.165, 1.54) is 0 Å². The van der Waals surface area contributed by atoms with Gasteiger partial charge < -0.3 is 9.47 Å². The minimum absolute atomic E-state index is 0.643. The number of methoxy groups -OCH3 is 1. The highest BCUT2D eigenvalue weighted by molar-refractivity contribution is 5.44. The van der Waals surface area contributed by atoms with E-state index in [2.05, 4.69) is 13.2 Å². The van der Waals surface area contributed by atoms with Crippen LogP contribution in [0.2, 0.25) is 0 Å². The lowest BCUT2D eigenvalue weighted by atomic mass is 10.1.